The molecule has 1 atom stereocenters. The van der Waals surface area contributed by atoms with Crippen molar-refractivity contribution in [3.63, 3.8) is 0 Å². The van der Waals surface area contributed by atoms with Gasteiger partial charge in [-0.05, 0) is 19.9 Å². The summed E-state index contributed by atoms with van der Waals surface area (Å²) >= 11 is 0. The molecule has 7 nitrogen and oxygen atoms in total. The summed E-state index contributed by atoms with van der Waals surface area (Å²) in [6, 6.07) is 5.37. The van der Waals surface area contributed by atoms with E-state index >= 15 is 0 Å². The number of anilines is 2. The monoisotopic (exact) mass is 302 g/mol. The van der Waals surface area contributed by atoms with Gasteiger partial charge in [0.2, 0.25) is 5.60 Å². The highest BCUT2D eigenvalue weighted by molar-refractivity contribution is 6.08. The summed E-state index contributed by atoms with van der Waals surface area (Å²) in [4.78, 5) is 12.4. The number of carbonyl (C=O) groups is 1. The van der Waals surface area contributed by atoms with E-state index in [1.54, 1.807) is 19.1 Å². The zero-order chi connectivity index (χ0) is 16.1. The van der Waals surface area contributed by atoms with Gasteiger partial charge in [-0.25, -0.2) is 4.68 Å². The lowest BCUT2D eigenvalue weighted by molar-refractivity contribution is -0.129. The molecule has 0 radical (unpaired) electrons. The molecule has 0 spiro atoms. The molecule has 22 heavy (non-hydrogen) atoms. The second kappa shape index (κ2) is 4.82. The van der Waals surface area contributed by atoms with Gasteiger partial charge >= 0.3 is 0 Å². The molecule has 2 heterocycles. The molecule has 0 aliphatic carbocycles. The van der Waals surface area contributed by atoms with Gasteiger partial charge in [-0.2, -0.15) is 5.10 Å². The molecule has 2 aromatic rings. The Morgan fingerprint density at radius 2 is 2.14 bits per heavy atom. The summed E-state index contributed by atoms with van der Waals surface area (Å²) in [7, 11) is 0. The van der Waals surface area contributed by atoms with Crippen molar-refractivity contribution in [2.75, 3.05) is 17.7 Å². The van der Waals surface area contributed by atoms with Gasteiger partial charge in [0, 0.05) is 11.3 Å². The molecule has 1 aromatic heterocycles. The predicted molar refractivity (Wildman–Crippen MR) is 81.3 cm³/mol. The third kappa shape index (κ3) is 1.83. The minimum Gasteiger partial charge on any atom is -0.394 e. The van der Waals surface area contributed by atoms with Crippen molar-refractivity contribution in [2.45, 2.75) is 26.0 Å². The molecule has 0 fully saturated rings. The molecule has 5 N–H and O–H groups in total. The number of aliphatic hydroxyl groups is 2. The number of aliphatic hydroxyl groups excluding tert-OH is 1. The van der Waals surface area contributed by atoms with Crippen LogP contribution in [0.1, 0.15) is 22.4 Å². The van der Waals surface area contributed by atoms with Crippen molar-refractivity contribution in [3.8, 4) is 0 Å². The van der Waals surface area contributed by atoms with Gasteiger partial charge in [0.15, 0.2) is 0 Å². The van der Waals surface area contributed by atoms with Crippen LogP contribution in [0.2, 0.25) is 0 Å². The molecule has 1 aromatic carbocycles. The first kappa shape index (κ1) is 14.6. The normalized spacial score (nSPS) is 20.1. The Kier molecular flexibility index (Phi) is 3.19. The second-order valence-electron chi connectivity index (χ2n) is 5.51. The number of carbonyl (C=O) groups excluding carboxylic acids is 1. The van der Waals surface area contributed by atoms with Gasteiger partial charge in [0.05, 0.1) is 24.4 Å². The summed E-state index contributed by atoms with van der Waals surface area (Å²) < 4.78 is 1.39. The highest BCUT2D eigenvalue weighted by Crippen LogP contribution is 2.44. The number of nitrogens with zero attached hydrogens (tertiary/aromatic N) is 2. The molecule has 7 heteroatoms. The Balaban J connectivity index is 2.24. The molecular weight excluding hydrogens is 284 g/mol. The maximum absolute atomic E-state index is 12.4. The van der Waals surface area contributed by atoms with E-state index in [9.17, 15) is 9.90 Å². The van der Waals surface area contributed by atoms with Crippen LogP contribution in [0.4, 0.5) is 11.5 Å². The molecule has 1 amide bonds. The van der Waals surface area contributed by atoms with E-state index in [0.29, 0.717) is 16.9 Å². The Bertz CT molecular complexity index is 768. The van der Waals surface area contributed by atoms with Gasteiger partial charge in [-0.1, -0.05) is 17.7 Å². The minimum atomic E-state index is -1.87. The lowest BCUT2D eigenvalue weighted by atomic mass is 9.86. The van der Waals surface area contributed by atoms with E-state index in [4.69, 9.17) is 10.8 Å². The zero-order valence-corrected chi connectivity index (χ0v) is 12.4. The fourth-order valence-electron chi connectivity index (χ4n) is 2.96. The lowest BCUT2D eigenvalue weighted by Gasteiger charge is -2.21. The molecule has 116 valence electrons. The number of hydrogen-bond acceptors (Lipinski definition) is 5. The highest BCUT2D eigenvalue weighted by Gasteiger charge is 2.50. The quantitative estimate of drug-likeness (QED) is 0.649. The van der Waals surface area contributed by atoms with Gasteiger partial charge in [-0.15, -0.1) is 0 Å². The van der Waals surface area contributed by atoms with E-state index in [1.165, 1.54) is 4.68 Å². The summed E-state index contributed by atoms with van der Waals surface area (Å²) in [5, 5.41) is 27.1. The molecule has 0 saturated carbocycles. The van der Waals surface area contributed by atoms with Crippen LogP contribution in [0, 0.1) is 13.8 Å². The molecule has 0 bridgehead atoms. The Morgan fingerprint density at radius 3 is 2.82 bits per heavy atom. The third-order valence-electron chi connectivity index (χ3n) is 3.98. The van der Waals surface area contributed by atoms with E-state index in [0.717, 1.165) is 5.56 Å². The van der Waals surface area contributed by atoms with Gasteiger partial charge in [-0.3, -0.25) is 4.79 Å². The Morgan fingerprint density at radius 1 is 1.41 bits per heavy atom. The third-order valence-corrected chi connectivity index (χ3v) is 3.98. The van der Waals surface area contributed by atoms with Crippen LogP contribution < -0.4 is 11.1 Å². The minimum absolute atomic E-state index is 0.134. The summed E-state index contributed by atoms with van der Waals surface area (Å²) in [6.07, 6.45) is 0. The van der Waals surface area contributed by atoms with Crippen molar-refractivity contribution in [1.82, 2.24) is 9.78 Å². The van der Waals surface area contributed by atoms with Gasteiger partial charge in [0.1, 0.15) is 5.82 Å². The number of nitrogen functional groups attached to an aromatic ring is 1. The molecule has 3 rings (SSSR count). The van der Waals surface area contributed by atoms with Crippen molar-refractivity contribution in [3.05, 3.63) is 40.6 Å². The SMILES string of the molecule is Cc1ccc2c(c1)[C@@](O)(c1c(C)nn(CCO)c1N)C(=O)N2. The number of amides is 1. The van der Waals surface area contributed by atoms with Gasteiger partial charge < -0.3 is 21.3 Å². The number of hydrogen-bond donors (Lipinski definition) is 4. The number of fused-ring (bicyclic) bond motifs is 1. The summed E-state index contributed by atoms with van der Waals surface area (Å²) in [6.45, 7) is 3.63. The summed E-state index contributed by atoms with van der Waals surface area (Å²) in [5.41, 5.74) is 6.87. The van der Waals surface area contributed by atoms with Crippen molar-refractivity contribution >= 4 is 17.4 Å². The average Bonchev–Trinajstić information content (AvgIpc) is 2.87. The molecule has 0 unspecified atom stereocenters. The fourth-order valence-corrected chi connectivity index (χ4v) is 2.96. The van der Waals surface area contributed by atoms with E-state index in [1.807, 2.05) is 13.0 Å². The second-order valence-corrected chi connectivity index (χ2v) is 5.51. The molecule has 0 saturated heterocycles. The first-order valence-electron chi connectivity index (χ1n) is 6.98. The average molecular weight is 302 g/mol. The topological polar surface area (TPSA) is 113 Å². The number of rotatable bonds is 3. The van der Waals surface area contributed by atoms with Crippen LogP contribution in [0.3, 0.4) is 0 Å². The molecule has 1 aliphatic rings. The first-order valence-corrected chi connectivity index (χ1v) is 6.98. The van der Waals surface area contributed by atoms with E-state index in [-0.39, 0.29) is 24.5 Å². The highest BCUT2D eigenvalue weighted by atomic mass is 16.3. The number of aromatic nitrogens is 2. The zero-order valence-electron chi connectivity index (χ0n) is 12.4. The summed E-state index contributed by atoms with van der Waals surface area (Å²) in [5.74, 6) is -0.370. The number of nitrogens with two attached hydrogens (primary N) is 1. The van der Waals surface area contributed by atoms with Crippen LogP contribution >= 0.6 is 0 Å². The number of benzene rings is 1. The van der Waals surface area contributed by atoms with Gasteiger partial charge in [0.25, 0.3) is 5.91 Å². The smallest absolute Gasteiger partial charge is 0.266 e. The maximum Gasteiger partial charge on any atom is 0.266 e. The van der Waals surface area contributed by atoms with Crippen molar-refractivity contribution in [2.24, 2.45) is 0 Å². The molecular formula is C15H18N4O3. The van der Waals surface area contributed by atoms with E-state index in [2.05, 4.69) is 10.4 Å². The Hall–Kier alpha value is -2.38. The molecule has 1 aliphatic heterocycles. The number of aryl methyl sites for hydroxylation is 2. The van der Waals surface area contributed by atoms with Crippen LogP contribution in [-0.4, -0.2) is 32.5 Å². The number of nitrogens with one attached hydrogen (secondary N) is 1. The van der Waals surface area contributed by atoms with Crippen LogP contribution in [-0.2, 0) is 16.9 Å². The predicted octanol–water partition coefficient (Wildman–Crippen LogP) is 0.262. The maximum atomic E-state index is 12.4. The lowest BCUT2D eigenvalue weighted by Crippen LogP contribution is -2.36. The largest absolute Gasteiger partial charge is 0.394 e. The van der Waals surface area contributed by atoms with E-state index < -0.39 is 11.5 Å². The van der Waals surface area contributed by atoms with Crippen molar-refractivity contribution in [1.29, 1.82) is 0 Å². The van der Waals surface area contributed by atoms with Crippen molar-refractivity contribution < 1.29 is 15.0 Å². The first-order chi connectivity index (χ1) is 10.4. The Labute approximate surface area is 127 Å². The standard InChI is InChI=1S/C15H18N4O3/c1-8-3-4-11-10(7-8)15(22,14(21)17-11)12-9(2)18-19(5-6-20)13(12)16/h3-4,7,20,22H,5-6,16H2,1-2H3,(H,17,21)/t15-/m1/s1. The van der Waals surface area contributed by atoms with Crippen LogP contribution in [0.5, 0.6) is 0 Å². The fraction of sp³-hybridized carbons (Fsp3) is 0.333. The van der Waals surface area contributed by atoms with Crippen LogP contribution in [0.15, 0.2) is 18.2 Å². The van der Waals surface area contributed by atoms with Crippen LogP contribution in [0.25, 0.3) is 0 Å².